The third-order valence-electron chi connectivity index (χ3n) is 2.63. The molecule has 1 aliphatic carbocycles. The molecule has 0 aromatic carbocycles. The molecule has 0 bridgehead atoms. The van der Waals surface area contributed by atoms with Crippen molar-refractivity contribution in [2.45, 2.75) is 50.8 Å². The summed E-state index contributed by atoms with van der Waals surface area (Å²) in [7, 11) is 0. The zero-order valence-electron chi connectivity index (χ0n) is 11.4. The first-order chi connectivity index (χ1) is 8.85. The number of thiol groups is 1. The van der Waals surface area contributed by atoms with Crippen molar-refractivity contribution < 1.29 is 14.3 Å². The maximum absolute atomic E-state index is 11.6. The first kappa shape index (κ1) is 14.1. The topological polar surface area (TPSA) is 61.3 Å². The van der Waals surface area contributed by atoms with E-state index in [-0.39, 0.29) is 6.61 Å². The number of carbonyl (C=O) groups is 1. The average Bonchev–Trinajstić information content (AvgIpc) is 2.71. The minimum atomic E-state index is -0.511. The Kier molecular flexibility index (Phi) is 3.99. The highest BCUT2D eigenvalue weighted by Crippen LogP contribution is 2.28. The molecule has 104 valence electrons. The quantitative estimate of drug-likeness (QED) is 0.522. The molecular formula is C13H18N2O3S. The van der Waals surface area contributed by atoms with Gasteiger partial charge in [-0.3, -0.25) is 0 Å². The van der Waals surface area contributed by atoms with Crippen LogP contribution in [0.2, 0.25) is 0 Å². The third kappa shape index (κ3) is 3.83. The van der Waals surface area contributed by atoms with E-state index < -0.39 is 11.6 Å². The van der Waals surface area contributed by atoms with Crippen LogP contribution >= 0.6 is 12.6 Å². The SMILES string of the molecule is CC(C)(C)OC(=O)COc1nc(S)nc2c1CCC2. The van der Waals surface area contributed by atoms with E-state index >= 15 is 0 Å². The van der Waals surface area contributed by atoms with Crippen molar-refractivity contribution in [3.63, 3.8) is 0 Å². The van der Waals surface area contributed by atoms with Gasteiger partial charge in [-0.25, -0.2) is 9.78 Å². The lowest BCUT2D eigenvalue weighted by molar-refractivity contribution is -0.157. The molecule has 0 unspecified atom stereocenters. The number of carbonyl (C=O) groups excluding carboxylic acids is 1. The average molecular weight is 282 g/mol. The normalized spacial score (nSPS) is 14.1. The van der Waals surface area contributed by atoms with Crippen molar-refractivity contribution in [2.75, 3.05) is 6.61 Å². The van der Waals surface area contributed by atoms with E-state index in [4.69, 9.17) is 9.47 Å². The van der Waals surface area contributed by atoms with Crippen LogP contribution in [0.5, 0.6) is 5.88 Å². The minimum Gasteiger partial charge on any atom is -0.465 e. The predicted molar refractivity (Wildman–Crippen MR) is 72.6 cm³/mol. The highest BCUT2D eigenvalue weighted by molar-refractivity contribution is 7.80. The second-order valence-electron chi connectivity index (χ2n) is 5.48. The second-order valence-corrected chi connectivity index (χ2v) is 5.88. The van der Waals surface area contributed by atoms with Crippen molar-refractivity contribution in [1.82, 2.24) is 9.97 Å². The van der Waals surface area contributed by atoms with E-state index in [1.165, 1.54) is 0 Å². The molecular weight excluding hydrogens is 264 g/mol. The summed E-state index contributed by atoms with van der Waals surface area (Å²) >= 11 is 4.15. The van der Waals surface area contributed by atoms with E-state index in [2.05, 4.69) is 22.6 Å². The van der Waals surface area contributed by atoms with Crippen LogP contribution in [0.4, 0.5) is 0 Å². The Morgan fingerprint density at radius 1 is 1.32 bits per heavy atom. The van der Waals surface area contributed by atoms with Gasteiger partial charge in [0.15, 0.2) is 11.8 Å². The van der Waals surface area contributed by atoms with Gasteiger partial charge in [-0.1, -0.05) is 0 Å². The summed E-state index contributed by atoms with van der Waals surface area (Å²) in [4.78, 5) is 20.0. The zero-order valence-corrected chi connectivity index (χ0v) is 12.3. The second kappa shape index (κ2) is 5.36. The molecule has 19 heavy (non-hydrogen) atoms. The summed E-state index contributed by atoms with van der Waals surface area (Å²) in [5, 5.41) is 0.375. The number of hydrogen-bond acceptors (Lipinski definition) is 6. The van der Waals surface area contributed by atoms with E-state index in [0.29, 0.717) is 11.0 Å². The van der Waals surface area contributed by atoms with Gasteiger partial charge in [0.05, 0.1) is 5.69 Å². The molecule has 2 rings (SSSR count). The molecule has 0 aliphatic heterocycles. The Morgan fingerprint density at radius 2 is 2.05 bits per heavy atom. The third-order valence-corrected chi connectivity index (χ3v) is 2.83. The first-order valence-corrected chi connectivity index (χ1v) is 6.73. The molecule has 0 atom stereocenters. The maximum Gasteiger partial charge on any atom is 0.344 e. The summed E-state index contributed by atoms with van der Waals surface area (Å²) in [5.74, 6) is 0.0527. The number of hydrogen-bond donors (Lipinski definition) is 1. The molecule has 1 aromatic rings. The summed E-state index contributed by atoms with van der Waals surface area (Å²) in [6.07, 6.45) is 2.82. The molecule has 0 fully saturated rings. The van der Waals surface area contributed by atoms with Gasteiger partial charge in [-0.15, -0.1) is 12.6 Å². The van der Waals surface area contributed by atoms with Crippen LogP contribution in [0.3, 0.4) is 0 Å². The van der Waals surface area contributed by atoms with Gasteiger partial charge in [0.2, 0.25) is 5.88 Å². The molecule has 0 spiro atoms. The number of esters is 1. The van der Waals surface area contributed by atoms with Gasteiger partial charge in [-0.2, -0.15) is 4.98 Å². The van der Waals surface area contributed by atoms with Gasteiger partial charge in [0, 0.05) is 5.56 Å². The van der Waals surface area contributed by atoms with E-state index in [9.17, 15) is 4.79 Å². The Hall–Kier alpha value is -1.30. The molecule has 0 radical (unpaired) electrons. The summed E-state index contributed by atoms with van der Waals surface area (Å²) in [5.41, 5.74) is 1.45. The van der Waals surface area contributed by atoms with Crippen molar-refractivity contribution in [1.29, 1.82) is 0 Å². The van der Waals surface area contributed by atoms with Gasteiger partial charge < -0.3 is 9.47 Å². The standard InChI is InChI=1S/C13H18N2O3S/c1-13(2,3)18-10(16)7-17-11-8-5-4-6-9(8)14-12(19)15-11/h4-7H2,1-3H3,(H,14,15,19). The molecule has 0 N–H and O–H groups in total. The van der Waals surface area contributed by atoms with E-state index in [1.54, 1.807) is 0 Å². The smallest absolute Gasteiger partial charge is 0.344 e. The van der Waals surface area contributed by atoms with Crippen LogP contribution in [-0.4, -0.2) is 28.1 Å². The van der Waals surface area contributed by atoms with Crippen molar-refractivity contribution in [3.05, 3.63) is 11.3 Å². The lowest BCUT2D eigenvalue weighted by Crippen LogP contribution is -2.27. The van der Waals surface area contributed by atoms with Gasteiger partial charge in [0.1, 0.15) is 5.60 Å². The Labute approximate surface area is 118 Å². The van der Waals surface area contributed by atoms with Gasteiger partial charge >= 0.3 is 5.97 Å². The largest absolute Gasteiger partial charge is 0.465 e. The van der Waals surface area contributed by atoms with Gasteiger partial charge in [-0.05, 0) is 40.0 Å². The highest BCUT2D eigenvalue weighted by atomic mass is 32.1. The fourth-order valence-corrected chi connectivity index (χ4v) is 2.21. The molecule has 0 amide bonds. The molecule has 6 heteroatoms. The molecule has 1 aliphatic rings. The number of nitrogens with zero attached hydrogens (tertiary/aromatic N) is 2. The van der Waals surface area contributed by atoms with Crippen LogP contribution in [0.25, 0.3) is 0 Å². The van der Waals surface area contributed by atoms with Crippen molar-refractivity contribution >= 4 is 18.6 Å². The van der Waals surface area contributed by atoms with E-state index in [0.717, 1.165) is 30.5 Å². The van der Waals surface area contributed by atoms with Crippen LogP contribution in [0.1, 0.15) is 38.4 Å². The van der Waals surface area contributed by atoms with Crippen LogP contribution in [0, 0.1) is 0 Å². The fourth-order valence-electron chi connectivity index (χ4n) is 2.00. The lowest BCUT2D eigenvalue weighted by atomic mass is 10.2. The monoisotopic (exact) mass is 282 g/mol. The molecule has 5 nitrogen and oxygen atoms in total. The number of aryl methyl sites for hydroxylation is 1. The van der Waals surface area contributed by atoms with Crippen LogP contribution < -0.4 is 4.74 Å². The van der Waals surface area contributed by atoms with E-state index in [1.807, 2.05) is 20.8 Å². The highest BCUT2D eigenvalue weighted by Gasteiger charge is 2.22. The fraction of sp³-hybridized carbons (Fsp3) is 0.615. The van der Waals surface area contributed by atoms with Crippen molar-refractivity contribution in [2.24, 2.45) is 0 Å². The molecule has 0 saturated carbocycles. The zero-order chi connectivity index (χ0) is 14.0. The lowest BCUT2D eigenvalue weighted by Gasteiger charge is -2.19. The number of rotatable bonds is 3. The Morgan fingerprint density at radius 3 is 2.74 bits per heavy atom. The Bertz CT molecular complexity index is 497. The minimum absolute atomic E-state index is 0.145. The Balaban J connectivity index is 2.02. The number of ether oxygens (including phenoxy) is 2. The number of aromatic nitrogens is 2. The summed E-state index contributed by atoms with van der Waals surface area (Å²) < 4.78 is 10.6. The maximum atomic E-state index is 11.6. The molecule has 1 aromatic heterocycles. The molecule has 0 saturated heterocycles. The summed E-state index contributed by atoms with van der Waals surface area (Å²) in [6, 6.07) is 0. The summed E-state index contributed by atoms with van der Waals surface area (Å²) in [6.45, 7) is 5.31. The van der Waals surface area contributed by atoms with Crippen LogP contribution in [0.15, 0.2) is 5.16 Å². The van der Waals surface area contributed by atoms with Gasteiger partial charge in [0.25, 0.3) is 0 Å². The first-order valence-electron chi connectivity index (χ1n) is 6.28. The van der Waals surface area contributed by atoms with Crippen LogP contribution in [-0.2, 0) is 22.4 Å². The predicted octanol–water partition coefficient (Wildman–Crippen LogP) is 1.97. The number of fused-ring (bicyclic) bond motifs is 1. The van der Waals surface area contributed by atoms with Crippen molar-refractivity contribution in [3.8, 4) is 5.88 Å². The molecule has 1 heterocycles.